The predicted octanol–water partition coefficient (Wildman–Crippen LogP) is 3.19. The zero-order valence-electron chi connectivity index (χ0n) is 12.7. The summed E-state index contributed by atoms with van der Waals surface area (Å²) < 4.78 is 11.1. The molecule has 118 valence electrons. The molecule has 3 atom stereocenters. The molecule has 1 saturated carbocycles. The second-order valence-corrected chi connectivity index (χ2v) is 6.41. The number of hydrogen-bond donors (Lipinski definition) is 0. The van der Waals surface area contributed by atoms with Crippen LogP contribution in [0, 0.1) is 6.92 Å². The van der Waals surface area contributed by atoms with Crippen LogP contribution in [0.2, 0.25) is 5.02 Å². The Kier molecular flexibility index (Phi) is 4.00. The molecule has 1 aromatic carbocycles. The van der Waals surface area contributed by atoms with Gasteiger partial charge in [0.2, 0.25) is 0 Å². The Labute approximate surface area is 134 Å². The van der Waals surface area contributed by atoms with E-state index in [0.717, 1.165) is 12.0 Å². The van der Waals surface area contributed by atoms with Crippen LogP contribution in [0.5, 0.6) is 0 Å². The molecular formula is C17H19ClO4. The average molecular weight is 323 g/mol. The first-order valence-corrected chi connectivity index (χ1v) is 8.00. The highest BCUT2D eigenvalue weighted by molar-refractivity contribution is 6.32. The van der Waals surface area contributed by atoms with E-state index in [2.05, 4.69) is 0 Å². The molecule has 0 bridgehead atoms. The Morgan fingerprint density at radius 1 is 1.41 bits per heavy atom. The minimum absolute atomic E-state index is 0.0205. The number of esters is 1. The van der Waals surface area contributed by atoms with E-state index >= 15 is 0 Å². The van der Waals surface area contributed by atoms with Gasteiger partial charge in [-0.15, -0.1) is 0 Å². The molecule has 2 fully saturated rings. The maximum atomic E-state index is 12.9. The molecule has 1 aliphatic carbocycles. The summed E-state index contributed by atoms with van der Waals surface area (Å²) in [7, 11) is 0. The lowest BCUT2D eigenvalue weighted by Crippen LogP contribution is -2.35. The number of rotatable bonds is 3. The van der Waals surface area contributed by atoms with Gasteiger partial charge in [0.25, 0.3) is 0 Å². The van der Waals surface area contributed by atoms with Gasteiger partial charge in [0.05, 0.1) is 6.10 Å². The average Bonchev–Trinajstić information content (AvgIpc) is 2.96. The van der Waals surface area contributed by atoms with Crippen molar-refractivity contribution in [3.8, 4) is 0 Å². The van der Waals surface area contributed by atoms with E-state index < -0.39 is 17.5 Å². The van der Waals surface area contributed by atoms with Gasteiger partial charge in [0, 0.05) is 18.1 Å². The molecule has 1 aromatic rings. The molecule has 0 radical (unpaired) electrons. The van der Waals surface area contributed by atoms with Crippen molar-refractivity contribution in [2.75, 3.05) is 6.61 Å². The molecule has 1 aliphatic heterocycles. The highest BCUT2D eigenvalue weighted by atomic mass is 35.5. The van der Waals surface area contributed by atoms with Gasteiger partial charge >= 0.3 is 5.97 Å². The Morgan fingerprint density at radius 2 is 2.18 bits per heavy atom. The van der Waals surface area contributed by atoms with E-state index in [1.165, 1.54) is 0 Å². The quantitative estimate of drug-likeness (QED) is 0.633. The first kappa shape index (κ1) is 15.5. The van der Waals surface area contributed by atoms with Crippen molar-refractivity contribution < 1.29 is 19.1 Å². The lowest BCUT2D eigenvalue weighted by molar-refractivity contribution is -0.152. The van der Waals surface area contributed by atoms with Crippen LogP contribution < -0.4 is 0 Å². The van der Waals surface area contributed by atoms with Crippen molar-refractivity contribution in [2.24, 2.45) is 0 Å². The maximum absolute atomic E-state index is 12.9. The van der Waals surface area contributed by atoms with Gasteiger partial charge in [0.15, 0.2) is 11.4 Å². The van der Waals surface area contributed by atoms with Gasteiger partial charge in [0.1, 0.15) is 5.92 Å². The van der Waals surface area contributed by atoms with Crippen molar-refractivity contribution in [3.05, 3.63) is 34.3 Å². The van der Waals surface area contributed by atoms with Gasteiger partial charge in [-0.1, -0.05) is 23.7 Å². The summed E-state index contributed by atoms with van der Waals surface area (Å²) in [5.74, 6) is -1.57. The highest BCUT2D eigenvalue weighted by Gasteiger charge is 2.59. The van der Waals surface area contributed by atoms with Gasteiger partial charge in [-0.05, 0) is 43.9 Å². The summed E-state index contributed by atoms with van der Waals surface area (Å²) in [5, 5.41) is 0.437. The minimum atomic E-state index is -1.02. The molecule has 0 amide bonds. The number of Topliss-reactive ketones (excluding diaryl/α,β-unsaturated/α-hetero) is 1. The third-order valence-electron chi connectivity index (χ3n) is 4.63. The summed E-state index contributed by atoms with van der Waals surface area (Å²) >= 11 is 6.23. The topological polar surface area (TPSA) is 52.6 Å². The van der Waals surface area contributed by atoms with Gasteiger partial charge in [-0.2, -0.15) is 0 Å². The van der Waals surface area contributed by atoms with E-state index in [-0.39, 0.29) is 11.9 Å². The number of carbonyl (C=O) groups excluding carboxylic acids is 2. The Bertz CT molecular complexity index is 607. The van der Waals surface area contributed by atoms with Gasteiger partial charge in [-0.3, -0.25) is 9.59 Å². The number of benzene rings is 1. The zero-order chi connectivity index (χ0) is 15.9. The smallest absolute Gasteiger partial charge is 0.322 e. The number of ether oxygens (including phenoxy) is 2. The molecule has 0 N–H and O–H groups in total. The number of carbonyl (C=O) groups is 2. The van der Waals surface area contributed by atoms with E-state index in [9.17, 15) is 9.59 Å². The summed E-state index contributed by atoms with van der Waals surface area (Å²) in [6, 6.07) is 5.36. The SMILES string of the molecule is CCOC1CCC2(C1)OC(=O)C(c1c(C)cccc1Cl)C2=O. The molecule has 1 heterocycles. The molecule has 22 heavy (non-hydrogen) atoms. The first-order chi connectivity index (χ1) is 10.5. The van der Waals surface area contributed by atoms with Crippen LogP contribution in [-0.4, -0.2) is 30.1 Å². The van der Waals surface area contributed by atoms with E-state index in [1.807, 2.05) is 26.0 Å². The molecule has 2 aliphatic rings. The number of aryl methyl sites for hydroxylation is 1. The van der Waals surface area contributed by atoms with E-state index in [1.54, 1.807) is 6.07 Å². The van der Waals surface area contributed by atoms with E-state index in [0.29, 0.717) is 30.0 Å². The molecule has 5 heteroatoms. The monoisotopic (exact) mass is 322 g/mol. The largest absolute Gasteiger partial charge is 0.450 e. The fourth-order valence-electron chi connectivity index (χ4n) is 3.59. The van der Waals surface area contributed by atoms with Crippen LogP contribution in [0.15, 0.2) is 18.2 Å². The molecule has 0 aromatic heterocycles. The lowest BCUT2D eigenvalue weighted by atomic mass is 9.85. The Balaban J connectivity index is 1.93. The van der Waals surface area contributed by atoms with Crippen molar-refractivity contribution in [3.63, 3.8) is 0 Å². The molecular weight excluding hydrogens is 304 g/mol. The van der Waals surface area contributed by atoms with Crippen molar-refractivity contribution in [1.82, 2.24) is 0 Å². The lowest BCUT2D eigenvalue weighted by Gasteiger charge is -2.20. The molecule has 3 unspecified atom stereocenters. The summed E-state index contributed by atoms with van der Waals surface area (Å²) in [6.07, 6.45) is 1.70. The number of halogens is 1. The van der Waals surface area contributed by atoms with Crippen molar-refractivity contribution in [1.29, 1.82) is 0 Å². The zero-order valence-corrected chi connectivity index (χ0v) is 13.5. The van der Waals surface area contributed by atoms with Crippen LogP contribution in [0.1, 0.15) is 43.2 Å². The minimum Gasteiger partial charge on any atom is -0.450 e. The second kappa shape index (κ2) is 5.67. The maximum Gasteiger partial charge on any atom is 0.322 e. The van der Waals surface area contributed by atoms with Crippen LogP contribution in [-0.2, 0) is 19.1 Å². The molecule has 1 spiro atoms. The molecule has 4 nitrogen and oxygen atoms in total. The predicted molar refractivity (Wildman–Crippen MR) is 82.0 cm³/mol. The van der Waals surface area contributed by atoms with Gasteiger partial charge < -0.3 is 9.47 Å². The van der Waals surface area contributed by atoms with Crippen LogP contribution >= 0.6 is 11.6 Å². The standard InChI is InChI=1S/C17H19ClO4/c1-3-21-11-7-8-17(9-11)15(19)14(16(20)22-17)13-10(2)5-4-6-12(13)18/h4-6,11,14H,3,7-9H2,1-2H3. The third kappa shape index (κ3) is 2.34. The fraction of sp³-hybridized carbons (Fsp3) is 0.529. The summed E-state index contributed by atoms with van der Waals surface area (Å²) in [6.45, 7) is 4.36. The highest BCUT2D eigenvalue weighted by Crippen LogP contribution is 2.46. The van der Waals surface area contributed by atoms with Crippen LogP contribution in [0.3, 0.4) is 0 Å². The molecule has 3 rings (SSSR count). The fourth-order valence-corrected chi connectivity index (χ4v) is 3.92. The van der Waals surface area contributed by atoms with Gasteiger partial charge in [-0.25, -0.2) is 0 Å². The molecule has 1 saturated heterocycles. The van der Waals surface area contributed by atoms with Crippen molar-refractivity contribution >= 4 is 23.4 Å². The van der Waals surface area contributed by atoms with E-state index in [4.69, 9.17) is 21.1 Å². The summed E-state index contributed by atoms with van der Waals surface area (Å²) in [4.78, 5) is 25.3. The number of ketones is 1. The Hall–Kier alpha value is -1.39. The Morgan fingerprint density at radius 3 is 2.86 bits per heavy atom. The first-order valence-electron chi connectivity index (χ1n) is 7.62. The van der Waals surface area contributed by atoms with Crippen molar-refractivity contribution in [2.45, 2.75) is 50.7 Å². The van der Waals surface area contributed by atoms with Crippen LogP contribution in [0.25, 0.3) is 0 Å². The van der Waals surface area contributed by atoms with Crippen LogP contribution in [0.4, 0.5) is 0 Å². The normalized spacial score (nSPS) is 31.0. The second-order valence-electron chi connectivity index (χ2n) is 6.00. The third-order valence-corrected chi connectivity index (χ3v) is 4.96. The number of hydrogen-bond acceptors (Lipinski definition) is 4. The summed E-state index contributed by atoms with van der Waals surface area (Å²) in [5.41, 5.74) is 0.391.